The van der Waals surface area contributed by atoms with Gasteiger partial charge in [0, 0.05) is 12.0 Å². The number of ether oxygens (including phenoxy) is 2. The van der Waals surface area contributed by atoms with E-state index in [1.807, 2.05) is 0 Å². The van der Waals surface area contributed by atoms with E-state index in [9.17, 15) is 19.8 Å². The highest BCUT2D eigenvalue weighted by Crippen LogP contribution is 2.24. The molecule has 0 saturated heterocycles. The van der Waals surface area contributed by atoms with E-state index >= 15 is 0 Å². The van der Waals surface area contributed by atoms with E-state index in [0.29, 0.717) is 0 Å². The van der Waals surface area contributed by atoms with E-state index in [4.69, 9.17) is 9.84 Å². The zero-order valence-corrected chi connectivity index (χ0v) is 10.1. The number of carboxylic acids is 1. The Balaban J connectivity index is 2.79. The van der Waals surface area contributed by atoms with E-state index in [2.05, 4.69) is 4.74 Å². The number of methoxy groups -OCH3 is 1. The largest absolute Gasteiger partial charge is 0.479 e. The Bertz CT molecular complexity index is 362. The molecule has 4 atom stereocenters. The van der Waals surface area contributed by atoms with Crippen molar-refractivity contribution >= 4 is 11.9 Å². The molecule has 7 nitrogen and oxygen atoms in total. The standard InChI is InChI=1S/C11H16O7/c1-5(10(14)15)18-8-4-6(11(16)17-2)3-7(12)9(8)13/h3,5,7-9,12-13H,4H2,1-2H3,(H,14,15)/t5-,7-,8-,9-/m0/s1. The lowest BCUT2D eigenvalue weighted by Gasteiger charge is -2.31. The molecule has 0 unspecified atom stereocenters. The Morgan fingerprint density at radius 2 is 2.06 bits per heavy atom. The fourth-order valence-electron chi connectivity index (χ4n) is 1.66. The number of carbonyl (C=O) groups excluding carboxylic acids is 1. The molecule has 0 heterocycles. The van der Waals surface area contributed by atoms with Crippen LogP contribution in [0.3, 0.4) is 0 Å². The molecule has 3 N–H and O–H groups in total. The molecule has 0 bridgehead atoms. The summed E-state index contributed by atoms with van der Waals surface area (Å²) in [6.45, 7) is 1.30. The fourth-order valence-corrected chi connectivity index (χ4v) is 1.66. The number of aliphatic hydroxyl groups excluding tert-OH is 2. The first kappa shape index (κ1) is 14.6. The summed E-state index contributed by atoms with van der Waals surface area (Å²) in [5.41, 5.74) is 0.151. The highest BCUT2D eigenvalue weighted by Gasteiger charge is 2.35. The van der Waals surface area contributed by atoms with Gasteiger partial charge in [-0.25, -0.2) is 9.59 Å². The average molecular weight is 260 g/mol. The highest BCUT2D eigenvalue weighted by molar-refractivity contribution is 5.88. The molecule has 18 heavy (non-hydrogen) atoms. The molecule has 1 aliphatic rings. The molecule has 0 radical (unpaired) electrons. The number of aliphatic carboxylic acids is 1. The molecule has 0 amide bonds. The lowest BCUT2D eigenvalue weighted by molar-refractivity contribution is -0.162. The SMILES string of the molecule is COC(=O)C1=C[C@H](O)[C@H](O)[C@@H](O[C@@H](C)C(=O)O)C1. The molecular formula is C11H16O7. The van der Waals surface area contributed by atoms with Crippen molar-refractivity contribution in [2.75, 3.05) is 7.11 Å². The lowest BCUT2D eigenvalue weighted by atomic mass is 9.92. The van der Waals surface area contributed by atoms with Gasteiger partial charge in [-0.3, -0.25) is 0 Å². The van der Waals surface area contributed by atoms with Crippen LogP contribution in [0.25, 0.3) is 0 Å². The molecule has 0 fully saturated rings. The summed E-state index contributed by atoms with van der Waals surface area (Å²) in [5.74, 6) is -1.83. The number of aliphatic hydroxyl groups is 2. The van der Waals surface area contributed by atoms with Crippen molar-refractivity contribution in [2.24, 2.45) is 0 Å². The third kappa shape index (κ3) is 3.28. The van der Waals surface area contributed by atoms with Crippen LogP contribution in [0.4, 0.5) is 0 Å². The molecule has 0 spiro atoms. The molecule has 1 rings (SSSR count). The maximum Gasteiger partial charge on any atom is 0.333 e. The smallest absolute Gasteiger partial charge is 0.333 e. The van der Waals surface area contributed by atoms with Crippen LogP contribution in [0, 0.1) is 0 Å². The number of carboxylic acid groups (broad SMARTS) is 1. The Morgan fingerprint density at radius 1 is 1.44 bits per heavy atom. The fraction of sp³-hybridized carbons (Fsp3) is 0.636. The van der Waals surface area contributed by atoms with Crippen LogP contribution < -0.4 is 0 Å². The predicted octanol–water partition coefficient (Wildman–Crippen LogP) is -0.930. The molecule has 0 aliphatic heterocycles. The van der Waals surface area contributed by atoms with Crippen molar-refractivity contribution in [3.63, 3.8) is 0 Å². The van der Waals surface area contributed by atoms with Crippen LogP contribution in [-0.4, -0.2) is 58.8 Å². The molecule has 0 saturated carbocycles. The van der Waals surface area contributed by atoms with Gasteiger partial charge in [0.15, 0.2) is 6.10 Å². The monoisotopic (exact) mass is 260 g/mol. The summed E-state index contributed by atoms with van der Waals surface area (Å²) in [4.78, 5) is 22.0. The third-order valence-corrected chi connectivity index (χ3v) is 2.70. The number of carbonyl (C=O) groups is 2. The Morgan fingerprint density at radius 3 is 2.56 bits per heavy atom. The van der Waals surface area contributed by atoms with E-state index in [0.717, 1.165) is 0 Å². The molecule has 1 aliphatic carbocycles. The summed E-state index contributed by atoms with van der Waals surface area (Å²) in [5, 5.41) is 27.9. The molecular weight excluding hydrogens is 244 g/mol. The van der Waals surface area contributed by atoms with Crippen molar-refractivity contribution in [3.05, 3.63) is 11.6 Å². The van der Waals surface area contributed by atoms with Gasteiger partial charge in [-0.05, 0) is 13.0 Å². The van der Waals surface area contributed by atoms with Crippen molar-refractivity contribution in [3.8, 4) is 0 Å². The van der Waals surface area contributed by atoms with Crippen LogP contribution in [0.1, 0.15) is 13.3 Å². The summed E-state index contributed by atoms with van der Waals surface area (Å²) in [6.07, 6.45) is -3.51. The number of esters is 1. The summed E-state index contributed by atoms with van der Waals surface area (Å²) < 4.78 is 9.60. The summed E-state index contributed by atoms with van der Waals surface area (Å²) in [7, 11) is 1.19. The van der Waals surface area contributed by atoms with Crippen molar-refractivity contribution in [2.45, 2.75) is 37.8 Å². The minimum atomic E-state index is -1.29. The van der Waals surface area contributed by atoms with Crippen LogP contribution in [-0.2, 0) is 19.1 Å². The normalized spacial score (nSPS) is 29.3. The zero-order chi connectivity index (χ0) is 13.9. The van der Waals surface area contributed by atoms with E-state index in [1.165, 1.54) is 20.1 Å². The van der Waals surface area contributed by atoms with Gasteiger partial charge in [-0.15, -0.1) is 0 Å². The number of rotatable bonds is 4. The topological polar surface area (TPSA) is 113 Å². The summed E-state index contributed by atoms with van der Waals surface area (Å²) in [6, 6.07) is 0. The third-order valence-electron chi connectivity index (χ3n) is 2.70. The first-order valence-electron chi connectivity index (χ1n) is 5.40. The van der Waals surface area contributed by atoms with Crippen molar-refractivity contribution < 1.29 is 34.4 Å². The van der Waals surface area contributed by atoms with Gasteiger partial charge in [-0.2, -0.15) is 0 Å². The van der Waals surface area contributed by atoms with Crippen LogP contribution in [0.15, 0.2) is 11.6 Å². The number of hydrogen-bond donors (Lipinski definition) is 3. The van der Waals surface area contributed by atoms with Crippen LogP contribution in [0.5, 0.6) is 0 Å². The van der Waals surface area contributed by atoms with Crippen LogP contribution >= 0.6 is 0 Å². The van der Waals surface area contributed by atoms with E-state index in [-0.39, 0.29) is 12.0 Å². The molecule has 0 aromatic rings. The van der Waals surface area contributed by atoms with E-state index < -0.39 is 36.4 Å². The maximum absolute atomic E-state index is 11.3. The second kappa shape index (κ2) is 5.94. The first-order chi connectivity index (χ1) is 8.36. The van der Waals surface area contributed by atoms with Crippen molar-refractivity contribution in [1.82, 2.24) is 0 Å². The quantitative estimate of drug-likeness (QED) is 0.559. The zero-order valence-electron chi connectivity index (χ0n) is 10.1. The minimum Gasteiger partial charge on any atom is -0.479 e. The second-order valence-electron chi connectivity index (χ2n) is 4.02. The van der Waals surface area contributed by atoms with Gasteiger partial charge in [0.2, 0.25) is 0 Å². The maximum atomic E-state index is 11.3. The molecule has 0 aromatic carbocycles. The summed E-state index contributed by atoms with van der Waals surface area (Å²) >= 11 is 0. The second-order valence-corrected chi connectivity index (χ2v) is 4.02. The first-order valence-corrected chi connectivity index (χ1v) is 5.40. The number of hydrogen-bond acceptors (Lipinski definition) is 6. The minimum absolute atomic E-state index is 0.0114. The molecule has 7 heteroatoms. The van der Waals surface area contributed by atoms with Gasteiger partial charge in [0.05, 0.1) is 13.2 Å². The van der Waals surface area contributed by atoms with Gasteiger partial charge in [0.1, 0.15) is 12.2 Å². The Kier molecular flexibility index (Phi) is 4.83. The molecule has 0 aromatic heterocycles. The Hall–Kier alpha value is -1.44. The van der Waals surface area contributed by atoms with E-state index in [1.54, 1.807) is 0 Å². The van der Waals surface area contributed by atoms with Gasteiger partial charge >= 0.3 is 11.9 Å². The average Bonchev–Trinajstić information content (AvgIpc) is 2.33. The van der Waals surface area contributed by atoms with Crippen molar-refractivity contribution in [1.29, 1.82) is 0 Å². The van der Waals surface area contributed by atoms with Gasteiger partial charge in [0.25, 0.3) is 0 Å². The van der Waals surface area contributed by atoms with Crippen LogP contribution in [0.2, 0.25) is 0 Å². The van der Waals surface area contributed by atoms with Gasteiger partial charge < -0.3 is 24.8 Å². The lowest BCUT2D eigenvalue weighted by Crippen LogP contribution is -2.45. The van der Waals surface area contributed by atoms with Gasteiger partial charge in [-0.1, -0.05) is 0 Å². The molecule has 102 valence electrons. The highest BCUT2D eigenvalue weighted by atomic mass is 16.5. The Labute approximate surface area is 104 Å². The predicted molar refractivity (Wildman–Crippen MR) is 58.7 cm³/mol.